The van der Waals surface area contributed by atoms with Gasteiger partial charge in [0, 0.05) is 0 Å². The van der Waals surface area contributed by atoms with Gasteiger partial charge in [-0.05, 0) is 36.2 Å². The molecule has 22 heavy (non-hydrogen) atoms. The van der Waals surface area contributed by atoms with Crippen molar-refractivity contribution in [2.75, 3.05) is 0 Å². The second kappa shape index (κ2) is 6.03. The molecule has 3 aromatic rings. The minimum atomic E-state index is -0.552. The number of esters is 1. The minimum Gasteiger partial charge on any atom is -0.420 e. The van der Waals surface area contributed by atoms with Crippen molar-refractivity contribution in [3.8, 4) is 17.0 Å². The lowest BCUT2D eigenvalue weighted by Crippen LogP contribution is -2.09. The van der Waals surface area contributed by atoms with E-state index in [1.165, 1.54) is 0 Å². The molecule has 0 atom stereocenters. The zero-order valence-electron chi connectivity index (χ0n) is 11.8. The quantitative estimate of drug-likeness (QED) is 0.581. The van der Waals surface area contributed by atoms with Gasteiger partial charge >= 0.3 is 5.97 Å². The van der Waals surface area contributed by atoms with E-state index in [9.17, 15) is 4.79 Å². The molecule has 0 saturated carbocycles. The molecule has 5 heteroatoms. The van der Waals surface area contributed by atoms with Crippen LogP contribution in [0.15, 0.2) is 54.6 Å². The van der Waals surface area contributed by atoms with Crippen LogP contribution in [0, 0.1) is 6.92 Å². The number of aromatic amines is 1. The maximum atomic E-state index is 12.1. The van der Waals surface area contributed by atoms with E-state index >= 15 is 0 Å². The molecule has 0 amide bonds. The smallest absolute Gasteiger partial charge is 0.364 e. The third-order valence-electron chi connectivity index (χ3n) is 3.16. The van der Waals surface area contributed by atoms with Crippen LogP contribution in [-0.2, 0) is 0 Å². The number of ether oxygens (including phenoxy) is 1. The highest BCUT2D eigenvalue weighted by molar-refractivity contribution is 6.32. The number of aryl methyl sites for hydroxylation is 1. The van der Waals surface area contributed by atoms with Gasteiger partial charge in [0.1, 0.15) is 5.75 Å². The average molecular weight is 313 g/mol. The number of hydrogen-bond acceptors (Lipinski definition) is 3. The van der Waals surface area contributed by atoms with Crippen molar-refractivity contribution in [3.63, 3.8) is 0 Å². The van der Waals surface area contributed by atoms with Crippen LogP contribution in [0.1, 0.15) is 16.1 Å². The van der Waals surface area contributed by atoms with Crippen LogP contribution in [0.4, 0.5) is 0 Å². The van der Waals surface area contributed by atoms with Crippen LogP contribution in [0.5, 0.6) is 5.75 Å². The van der Waals surface area contributed by atoms with Gasteiger partial charge in [-0.3, -0.25) is 5.10 Å². The van der Waals surface area contributed by atoms with Crippen LogP contribution in [0.2, 0.25) is 5.02 Å². The second-order valence-corrected chi connectivity index (χ2v) is 5.26. The fourth-order valence-electron chi connectivity index (χ4n) is 2.03. The van der Waals surface area contributed by atoms with Crippen LogP contribution >= 0.6 is 11.6 Å². The highest BCUT2D eigenvalue weighted by Gasteiger charge is 2.15. The fourth-order valence-corrected chi connectivity index (χ4v) is 2.31. The number of hydrogen-bond donors (Lipinski definition) is 1. The first-order chi connectivity index (χ1) is 10.6. The van der Waals surface area contributed by atoms with Gasteiger partial charge in [0.05, 0.1) is 10.7 Å². The first kappa shape index (κ1) is 14.4. The number of aromatic nitrogens is 2. The van der Waals surface area contributed by atoms with Gasteiger partial charge in [-0.15, -0.1) is 0 Å². The van der Waals surface area contributed by atoms with E-state index in [0.717, 1.165) is 16.8 Å². The molecule has 0 fully saturated rings. The number of nitrogens with zero attached hydrogens (tertiary/aromatic N) is 1. The molecule has 0 saturated heterocycles. The lowest BCUT2D eigenvalue weighted by Gasteiger charge is -2.04. The van der Waals surface area contributed by atoms with Gasteiger partial charge in [0.25, 0.3) is 0 Å². The molecule has 2 aromatic carbocycles. The fraction of sp³-hybridized carbons (Fsp3) is 0.0588. The highest BCUT2D eigenvalue weighted by Crippen LogP contribution is 2.26. The summed E-state index contributed by atoms with van der Waals surface area (Å²) in [5.41, 5.74) is 2.90. The Balaban J connectivity index is 1.80. The summed E-state index contributed by atoms with van der Waals surface area (Å²) in [5, 5.41) is 7.22. The number of H-pyrrole nitrogens is 1. The van der Waals surface area contributed by atoms with Crippen molar-refractivity contribution in [2.24, 2.45) is 0 Å². The summed E-state index contributed by atoms with van der Waals surface area (Å²) in [7, 11) is 0. The van der Waals surface area contributed by atoms with Crippen molar-refractivity contribution < 1.29 is 9.53 Å². The van der Waals surface area contributed by atoms with E-state index in [1.807, 2.05) is 43.3 Å². The Labute approximate surface area is 132 Å². The molecule has 0 aliphatic carbocycles. The molecule has 0 aliphatic rings. The molecule has 0 radical (unpaired) electrons. The molecule has 0 bridgehead atoms. The number of rotatable bonds is 3. The zero-order valence-corrected chi connectivity index (χ0v) is 12.6. The van der Waals surface area contributed by atoms with Gasteiger partial charge in [0.2, 0.25) is 0 Å². The number of carbonyl (C=O) groups is 1. The first-order valence-electron chi connectivity index (χ1n) is 6.72. The normalized spacial score (nSPS) is 10.5. The third-order valence-corrected chi connectivity index (χ3v) is 3.46. The number of halogens is 1. The number of benzene rings is 2. The summed E-state index contributed by atoms with van der Waals surface area (Å²) in [6, 6.07) is 16.5. The zero-order chi connectivity index (χ0) is 15.5. The Morgan fingerprint density at radius 1 is 1.14 bits per heavy atom. The molecule has 4 nitrogen and oxygen atoms in total. The SMILES string of the molecule is Cc1ccc(OC(=O)c2cc(-c3ccccc3)[nH]n2)c(Cl)c1. The van der Waals surface area contributed by atoms with Crippen LogP contribution in [0.25, 0.3) is 11.3 Å². The van der Waals surface area contributed by atoms with Crippen molar-refractivity contribution >= 4 is 17.6 Å². The lowest BCUT2D eigenvalue weighted by molar-refractivity contribution is 0.0728. The summed E-state index contributed by atoms with van der Waals surface area (Å²) in [4.78, 5) is 12.1. The molecule has 110 valence electrons. The van der Waals surface area contributed by atoms with Crippen molar-refractivity contribution in [1.29, 1.82) is 0 Å². The molecule has 1 N–H and O–H groups in total. The molecule has 1 heterocycles. The summed E-state index contributed by atoms with van der Waals surface area (Å²) >= 11 is 6.06. The van der Waals surface area contributed by atoms with Crippen molar-refractivity contribution in [1.82, 2.24) is 10.2 Å². The number of nitrogens with one attached hydrogen (secondary N) is 1. The lowest BCUT2D eigenvalue weighted by atomic mass is 10.1. The molecular weight excluding hydrogens is 300 g/mol. The summed E-state index contributed by atoms with van der Waals surface area (Å²) < 4.78 is 5.28. The topological polar surface area (TPSA) is 55.0 Å². The first-order valence-corrected chi connectivity index (χ1v) is 7.10. The molecule has 1 aromatic heterocycles. The molecular formula is C17H13ClN2O2. The second-order valence-electron chi connectivity index (χ2n) is 4.86. The van der Waals surface area contributed by atoms with Gasteiger partial charge in [0.15, 0.2) is 5.69 Å². The molecule has 0 unspecified atom stereocenters. The molecule has 0 aliphatic heterocycles. The monoisotopic (exact) mass is 312 g/mol. The van der Waals surface area contributed by atoms with Crippen molar-refractivity contribution in [2.45, 2.75) is 6.92 Å². The predicted molar refractivity (Wildman–Crippen MR) is 85.2 cm³/mol. The summed E-state index contributed by atoms with van der Waals surface area (Å²) in [6.07, 6.45) is 0. The Bertz CT molecular complexity index is 813. The predicted octanol–water partition coefficient (Wildman–Crippen LogP) is 4.26. The minimum absolute atomic E-state index is 0.204. The Morgan fingerprint density at radius 2 is 1.91 bits per heavy atom. The summed E-state index contributed by atoms with van der Waals surface area (Å²) in [5.74, 6) is -0.231. The Hall–Kier alpha value is -2.59. The van der Waals surface area contributed by atoms with E-state index in [-0.39, 0.29) is 5.69 Å². The highest BCUT2D eigenvalue weighted by atomic mass is 35.5. The van der Waals surface area contributed by atoms with Gasteiger partial charge in [-0.2, -0.15) is 5.10 Å². The maximum Gasteiger partial charge on any atom is 0.364 e. The van der Waals surface area contributed by atoms with E-state index in [2.05, 4.69) is 10.2 Å². The summed E-state index contributed by atoms with van der Waals surface area (Å²) in [6.45, 7) is 1.91. The largest absolute Gasteiger partial charge is 0.420 e. The Kier molecular flexibility index (Phi) is 3.94. The van der Waals surface area contributed by atoms with Crippen LogP contribution < -0.4 is 4.74 Å². The van der Waals surface area contributed by atoms with Crippen LogP contribution in [0.3, 0.4) is 0 Å². The average Bonchev–Trinajstić information content (AvgIpc) is 3.01. The van der Waals surface area contributed by atoms with E-state index in [0.29, 0.717) is 10.8 Å². The molecule has 0 spiro atoms. The van der Waals surface area contributed by atoms with Crippen molar-refractivity contribution in [3.05, 3.63) is 70.9 Å². The van der Waals surface area contributed by atoms with E-state index < -0.39 is 5.97 Å². The van der Waals surface area contributed by atoms with E-state index in [4.69, 9.17) is 16.3 Å². The van der Waals surface area contributed by atoms with Gasteiger partial charge in [-0.25, -0.2) is 4.79 Å². The molecule has 3 rings (SSSR count). The Morgan fingerprint density at radius 3 is 2.64 bits per heavy atom. The maximum absolute atomic E-state index is 12.1. The van der Waals surface area contributed by atoms with Gasteiger partial charge < -0.3 is 4.74 Å². The van der Waals surface area contributed by atoms with E-state index in [1.54, 1.807) is 18.2 Å². The van der Waals surface area contributed by atoms with Crippen LogP contribution in [-0.4, -0.2) is 16.2 Å². The standard InChI is InChI=1S/C17H13ClN2O2/c1-11-7-8-16(13(18)9-11)22-17(21)15-10-14(19-20-15)12-5-3-2-4-6-12/h2-10H,1H3,(H,19,20). The van der Waals surface area contributed by atoms with Gasteiger partial charge in [-0.1, -0.05) is 48.0 Å². The number of carbonyl (C=O) groups excluding carboxylic acids is 1. The third kappa shape index (κ3) is 3.02.